The number of fused-ring (bicyclic) bond motifs is 6. The van der Waals surface area contributed by atoms with Crippen LogP contribution in [0.5, 0.6) is 0 Å². The molecule has 0 unspecified atom stereocenters. The van der Waals surface area contributed by atoms with Gasteiger partial charge in [0.25, 0.3) is 0 Å². The number of hydrogen-bond acceptors (Lipinski definition) is 4. The lowest BCUT2D eigenvalue weighted by atomic mass is 9.97. The molecule has 44 heavy (non-hydrogen) atoms. The second kappa shape index (κ2) is 9.79. The maximum atomic E-state index is 6.30. The van der Waals surface area contributed by atoms with Gasteiger partial charge in [0.15, 0.2) is 5.82 Å². The number of rotatable bonds is 4. The normalized spacial score (nSPS) is 11.6. The lowest BCUT2D eigenvalue weighted by molar-refractivity contribution is 0.669. The molecule has 3 aromatic heterocycles. The molecule has 0 amide bonds. The van der Waals surface area contributed by atoms with Crippen molar-refractivity contribution in [2.75, 3.05) is 0 Å². The van der Waals surface area contributed by atoms with Gasteiger partial charge < -0.3 is 8.83 Å². The fraction of sp³-hybridized carbons (Fsp3) is 0. The van der Waals surface area contributed by atoms with Crippen LogP contribution in [0.4, 0.5) is 0 Å². The Bertz CT molecular complexity index is 2430. The molecule has 4 heteroatoms. The quantitative estimate of drug-likeness (QED) is 0.213. The minimum Gasteiger partial charge on any atom is -0.456 e. The molecule has 0 aliphatic rings. The average Bonchev–Trinajstić information content (AvgIpc) is 3.66. The zero-order chi connectivity index (χ0) is 29.0. The van der Waals surface area contributed by atoms with Crippen LogP contribution in [-0.2, 0) is 0 Å². The smallest absolute Gasteiger partial charge is 0.160 e. The molecule has 4 nitrogen and oxygen atoms in total. The summed E-state index contributed by atoms with van der Waals surface area (Å²) >= 11 is 0. The molecule has 9 aromatic rings. The molecular formula is C40H24N2O2. The average molecular weight is 565 g/mol. The minimum atomic E-state index is 0.673. The van der Waals surface area contributed by atoms with E-state index in [1.807, 2.05) is 66.7 Å². The Morgan fingerprint density at radius 3 is 1.61 bits per heavy atom. The van der Waals surface area contributed by atoms with Crippen LogP contribution < -0.4 is 0 Å². The number of hydrogen-bond donors (Lipinski definition) is 0. The van der Waals surface area contributed by atoms with Gasteiger partial charge in [-0.1, -0.05) is 97.1 Å². The van der Waals surface area contributed by atoms with Crippen LogP contribution >= 0.6 is 0 Å². The van der Waals surface area contributed by atoms with Crippen molar-refractivity contribution in [3.05, 3.63) is 146 Å². The van der Waals surface area contributed by atoms with E-state index < -0.39 is 0 Å². The summed E-state index contributed by atoms with van der Waals surface area (Å²) in [6.07, 6.45) is 0. The Hall–Kier alpha value is -6.00. The van der Waals surface area contributed by atoms with Gasteiger partial charge in [-0.3, -0.25) is 0 Å². The standard InChI is InChI=1S/C40H24N2O2/c1-3-10-25(11-4-1)33-24-34(26-12-5-2-6-13-26)42-40(41-33)28-19-21-37-32(23-28)31-22-27(18-20-36(31)43-37)29-15-9-17-38-39(29)30-14-7-8-16-35(30)44-38/h1-24H. The van der Waals surface area contributed by atoms with Crippen LogP contribution in [-0.4, -0.2) is 9.97 Å². The first-order valence-corrected chi connectivity index (χ1v) is 14.7. The van der Waals surface area contributed by atoms with Gasteiger partial charge >= 0.3 is 0 Å². The molecule has 3 heterocycles. The van der Waals surface area contributed by atoms with Gasteiger partial charge in [-0.25, -0.2) is 9.97 Å². The zero-order valence-electron chi connectivity index (χ0n) is 23.6. The van der Waals surface area contributed by atoms with Gasteiger partial charge in [0.2, 0.25) is 0 Å². The van der Waals surface area contributed by atoms with E-state index in [4.69, 9.17) is 18.8 Å². The first-order valence-electron chi connectivity index (χ1n) is 14.7. The SMILES string of the molecule is c1ccc(-c2cc(-c3ccccc3)nc(-c3ccc4oc5ccc(-c6cccc7oc8ccccc8c67)cc5c4c3)n2)cc1. The van der Waals surface area contributed by atoms with E-state index in [0.717, 1.165) is 83.1 Å². The highest BCUT2D eigenvalue weighted by Crippen LogP contribution is 2.40. The third-order valence-corrected chi connectivity index (χ3v) is 8.31. The molecular weight excluding hydrogens is 540 g/mol. The van der Waals surface area contributed by atoms with Gasteiger partial charge in [0.05, 0.1) is 11.4 Å². The summed E-state index contributed by atoms with van der Waals surface area (Å²) in [7, 11) is 0. The maximum Gasteiger partial charge on any atom is 0.160 e. The number of aromatic nitrogens is 2. The Kier molecular flexibility index (Phi) is 5.47. The molecule has 0 fully saturated rings. The summed E-state index contributed by atoms with van der Waals surface area (Å²) in [5.74, 6) is 0.673. The van der Waals surface area contributed by atoms with Crippen molar-refractivity contribution in [2.24, 2.45) is 0 Å². The van der Waals surface area contributed by atoms with Crippen LogP contribution in [0.2, 0.25) is 0 Å². The number of para-hydroxylation sites is 1. The van der Waals surface area contributed by atoms with E-state index >= 15 is 0 Å². The van der Waals surface area contributed by atoms with Gasteiger partial charge in [-0.05, 0) is 59.7 Å². The third kappa shape index (κ3) is 4.00. The predicted octanol–water partition coefficient (Wildman–Crippen LogP) is 10.9. The molecule has 0 N–H and O–H groups in total. The molecule has 0 atom stereocenters. The third-order valence-electron chi connectivity index (χ3n) is 8.31. The summed E-state index contributed by atoms with van der Waals surface area (Å²) in [5.41, 5.74) is 10.5. The highest BCUT2D eigenvalue weighted by molar-refractivity contribution is 6.14. The summed E-state index contributed by atoms with van der Waals surface area (Å²) in [6.45, 7) is 0. The summed E-state index contributed by atoms with van der Waals surface area (Å²) < 4.78 is 12.5. The summed E-state index contributed by atoms with van der Waals surface area (Å²) in [6, 6.07) is 49.6. The first-order chi connectivity index (χ1) is 21.8. The van der Waals surface area contributed by atoms with Crippen molar-refractivity contribution < 1.29 is 8.83 Å². The predicted molar refractivity (Wildman–Crippen MR) is 178 cm³/mol. The lowest BCUT2D eigenvalue weighted by Gasteiger charge is -2.09. The Labute approximate surface area is 252 Å². The van der Waals surface area contributed by atoms with E-state index in [1.54, 1.807) is 0 Å². The van der Waals surface area contributed by atoms with Gasteiger partial charge in [0.1, 0.15) is 22.3 Å². The van der Waals surface area contributed by atoms with Gasteiger partial charge in [-0.15, -0.1) is 0 Å². The number of benzene rings is 6. The molecule has 9 rings (SSSR count). The lowest BCUT2D eigenvalue weighted by Crippen LogP contribution is -1.95. The van der Waals surface area contributed by atoms with Gasteiger partial charge in [-0.2, -0.15) is 0 Å². The first kappa shape index (κ1) is 24.6. The Morgan fingerprint density at radius 1 is 0.364 bits per heavy atom. The summed E-state index contributed by atoms with van der Waals surface area (Å²) in [5, 5.41) is 4.31. The number of nitrogens with zero attached hydrogens (tertiary/aromatic N) is 2. The van der Waals surface area contributed by atoms with E-state index in [2.05, 4.69) is 78.9 Å². The van der Waals surface area contributed by atoms with Crippen LogP contribution in [0.1, 0.15) is 0 Å². The Balaban J connectivity index is 1.23. The topological polar surface area (TPSA) is 52.1 Å². The van der Waals surface area contributed by atoms with Crippen LogP contribution in [0.3, 0.4) is 0 Å². The second-order valence-corrected chi connectivity index (χ2v) is 11.0. The van der Waals surface area contributed by atoms with Crippen molar-refractivity contribution in [1.82, 2.24) is 9.97 Å². The molecule has 6 aromatic carbocycles. The van der Waals surface area contributed by atoms with Crippen LogP contribution in [0, 0.1) is 0 Å². The maximum absolute atomic E-state index is 6.30. The van der Waals surface area contributed by atoms with E-state index in [1.165, 1.54) is 0 Å². The second-order valence-electron chi connectivity index (χ2n) is 11.0. The van der Waals surface area contributed by atoms with E-state index in [-0.39, 0.29) is 0 Å². The van der Waals surface area contributed by atoms with Crippen molar-refractivity contribution in [1.29, 1.82) is 0 Å². The molecule has 206 valence electrons. The summed E-state index contributed by atoms with van der Waals surface area (Å²) in [4.78, 5) is 10.1. The molecule has 0 radical (unpaired) electrons. The fourth-order valence-electron chi connectivity index (χ4n) is 6.19. The molecule has 0 aliphatic heterocycles. The molecule has 0 saturated carbocycles. The minimum absolute atomic E-state index is 0.673. The molecule has 0 bridgehead atoms. The van der Waals surface area contributed by atoms with E-state index in [0.29, 0.717) is 5.82 Å². The number of furan rings is 2. The van der Waals surface area contributed by atoms with Crippen molar-refractivity contribution >= 4 is 43.9 Å². The largest absolute Gasteiger partial charge is 0.456 e. The highest BCUT2D eigenvalue weighted by Gasteiger charge is 2.16. The van der Waals surface area contributed by atoms with Crippen molar-refractivity contribution in [3.63, 3.8) is 0 Å². The zero-order valence-corrected chi connectivity index (χ0v) is 23.6. The molecule has 0 aliphatic carbocycles. The fourth-order valence-corrected chi connectivity index (χ4v) is 6.19. The van der Waals surface area contributed by atoms with Crippen molar-refractivity contribution in [2.45, 2.75) is 0 Å². The van der Waals surface area contributed by atoms with Gasteiger partial charge in [0, 0.05) is 38.2 Å². The van der Waals surface area contributed by atoms with Crippen LogP contribution in [0.15, 0.2) is 154 Å². The Morgan fingerprint density at radius 2 is 0.909 bits per heavy atom. The van der Waals surface area contributed by atoms with E-state index in [9.17, 15) is 0 Å². The molecule has 0 saturated heterocycles. The molecule has 0 spiro atoms. The van der Waals surface area contributed by atoms with Crippen LogP contribution in [0.25, 0.3) is 88.9 Å². The monoisotopic (exact) mass is 564 g/mol. The highest BCUT2D eigenvalue weighted by atomic mass is 16.3. The van der Waals surface area contributed by atoms with Crippen molar-refractivity contribution in [3.8, 4) is 45.0 Å².